The number of rotatable bonds is 5. The molecule has 0 aromatic heterocycles. The van der Waals surface area contributed by atoms with Crippen molar-refractivity contribution in [3.05, 3.63) is 53.1 Å². The van der Waals surface area contributed by atoms with Gasteiger partial charge in [-0.2, -0.15) is 5.26 Å². The molecule has 5 heteroatoms. The Morgan fingerprint density at radius 3 is 2.38 bits per heavy atom. The SMILES string of the molecule is CC([C]=O)Oc1ccc(Oc2ccc(C#N)cc2Cl)cc1. The standard InChI is InChI=1S/C16H11ClNO3/c1-11(10-19)20-13-3-5-14(6-4-13)21-16-7-2-12(9-18)8-15(16)17/h2-8,11H,1H3. The molecule has 0 bridgehead atoms. The fraction of sp³-hybridized carbons (Fsp3) is 0.125. The number of nitriles is 1. The van der Waals surface area contributed by atoms with Gasteiger partial charge in [-0.25, -0.2) is 0 Å². The van der Waals surface area contributed by atoms with Crippen LogP contribution in [0.1, 0.15) is 12.5 Å². The van der Waals surface area contributed by atoms with E-state index >= 15 is 0 Å². The van der Waals surface area contributed by atoms with Crippen molar-refractivity contribution in [2.24, 2.45) is 0 Å². The molecule has 0 aliphatic heterocycles. The quantitative estimate of drug-likeness (QED) is 0.840. The topological polar surface area (TPSA) is 59.3 Å². The molecule has 0 fully saturated rings. The molecule has 2 rings (SSSR count). The van der Waals surface area contributed by atoms with Crippen molar-refractivity contribution >= 4 is 17.9 Å². The van der Waals surface area contributed by atoms with Gasteiger partial charge in [-0.05, 0) is 49.4 Å². The minimum Gasteiger partial charge on any atom is -0.482 e. The summed E-state index contributed by atoms with van der Waals surface area (Å²) in [5.74, 6) is 1.57. The van der Waals surface area contributed by atoms with Gasteiger partial charge in [0.1, 0.15) is 17.2 Å². The van der Waals surface area contributed by atoms with Crippen molar-refractivity contribution in [3.63, 3.8) is 0 Å². The van der Waals surface area contributed by atoms with Gasteiger partial charge in [0.25, 0.3) is 0 Å². The molecule has 0 heterocycles. The van der Waals surface area contributed by atoms with Crippen LogP contribution >= 0.6 is 11.6 Å². The van der Waals surface area contributed by atoms with E-state index in [1.165, 1.54) is 6.07 Å². The lowest BCUT2D eigenvalue weighted by atomic mass is 10.2. The monoisotopic (exact) mass is 300 g/mol. The van der Waals surface area contributed by atoms with Crippen LogP contribution in [0.3, 0.4) is 0 Å². The average Bonchev–Trinajstić information content (AvgIpc) is 2.51. The number of nitrogens with zero attached hydrogens (tertiary/aromatic N) is 1. The molecule has 105 valence electrons. The van der Waals surface area contributed by atoms with E-state index < -0.39 is 6.10 Å². The maximum atomic E-state index is 10.4. The highest BCUT2D eigenvalue weighted by atomic mass is 35.5. The molecule has 1 radical (unpaired) electrons. The fourth-order valence-corrected chi connectivity index (χ4v) is 1.81. The zero-order valence-electron chi connectivity index (χ0n) is 11.2. The molecule has 21 heavy (non-hydrogen) atoms. The predicted molar refractivity (Wildman–Crippen MR) is 78.5 cm³/mol. The summed E-state index contributed by atoms with van der Waals surface area (Å²) in [7, 11) is 0. The van der Waals surface area contributed by atoms with E-state index in [0.29, 0.717) is 27.8 Å². The minimum atomic E-state index is -0.621. The third-order valence-electron chi connectivity index (χ3n) is 2.59. The highest BCUT2D eigenvalue weighted by Crippen LogP contribution is 2.30. The van der Waals surface area contributed by atoms with Gasteiger partial charge in [-0.1, -0.05) is 11.6 Å². The molecule has 2 aromatic carbocycles. The lowest BCUT2D eigenvalue weighted by molar-refractivity contribution is 0.278. The van der Waals surface area contributed by atoms with Crippen molar-refractivity contribution in [1.29, 1.82) is 5.26 Å². The maximum Gasteiger partial charge on any atom is 0.242 e. The van der Waals surface area contributed by atoms with Crippen LogP contribution in [-0.2, 0) is 4.79 Å². The molecule has 0 aliphatic rings. The molecule has 0 spiro atoms. The Morgan fingerprint density at radius 1 is 1.14 bits per heavy atom. The number of hydrogen-bond donors (Lipinski definition) is 0. The Balaban J connectivity index is 2.10. The first-order valence-corrected chi connectivity index (χ1v) is 6.52. The molecule has 0 N–H and O–H groups in total. The summed E-state index contributed by atoms with van der Waals surface area (Å²) in [5.41, 5.74) is 0.468. The second-order valence-electron chi connectivity index (χ2n) is 4.21. The third-order valence-corrected chi connectivity index (χ3v) is 2.89. The molecule has 0 amide bonds. The molecule has 0 saturated heterocycles. The number of benzene rings is 2. The predicted octanol–water partition coefficient (Wildman–Crippen LogP) is 3.88. The molecular formula is C16H11ClNO3. The summed E-state index contributed by atoms with van der Waals surface area (Å²) in [6.45, 7) is 1.61. The normalized spacial score (nSPS) is 11.3. The maximum absolute atomic E-state index is 10.4. The van der Waals surface area contributed by atoms with Gasteiger partial charge in [-0.3, -0.25) is 4.79 Å². The minimum absolute atomic E-state index is 0.360. The van der Waals surface area contributed by atoms with Crippen molar-refractivity contribution in [2.75, 3.05) is 0 Å². The largest absolute Gasteiger partial charge is 0.482 e. The zero-order chi connectivity index (χ0) is 15.2. The molecule has 1 atom stereocenters. The lowest BCUT2D eigenvalue weighted by Gasteiger charge is -2.10. The second-order valence-corrected chi connectivity index (χ2v) is 4.62. The fourth-order valence-electron chi connectivity index (χ4n) is 1.59. The van der Waals surface area contributed by atoms with E-state index in [1.54, 1.807) is 49.6 Å². The molecule has 1 unspecified atom stereocenters. The van der Waals surface area contributed by atoms with E-state index in [0.717, 1.165) is 0 Å². The number of carbonyl (C=O) groups excluding carboxylic acids is 1. The van der Waals surface area contributed by atoms with Crippen LogP contribution in [0.15, 0.2) is 42.5 Å². The summed E-state index contributed by atoms with van der Waals surface area (Å²) >= 11 is 6.03. The van der Waals surface area contributed by atoms with Crippen LogP contribution in [0.2, 0.25) is 5.02 Å². The van der Waals surface area contributed by atoms with Crippen LogP contribution in [0, 0.1) is 11.3 Å². The molecule has 0 saturated carbocycles. The number of hydrogen-bond acceptors (Lipinski definition) is 4. The van der Waals surface area contributed by atoms with Gasteiger partial charge >= 0.3 is 0 Å². The van der Waals surface area contributed by atoms with Gasteiger partial charge in [0.15, 0.2) is 6.10 Å². The summed E-state index contributed by atoms with van der Waals surface area (Å²) < 4.78 is 10.9. The molecular weight excluding hydrogens is 290 g/mol. The van der Waals surface area contributed by atoms with Crippen molar-refractivity contribution in [1.82, 2.24) is 0 Å². The smallest absolute Gasteiger partial charge is 0.242 e. The van der Waals surface area contributed by atoms with E-state index in [9.17, 15) is 4.79 Å². The third kappa shape index (κ3) is 3.98. The van der Waals surface area contributed by atoms with Gasteiger partial charge < -0.3 is 9.47 Å². The van der Waals surface area contributed by atoms with Gasteiger partial charge in [0.05, 0.1) is 16.7 Å². The van der Waals surface area contributed by atoms with E-state index in [1.807, 2.05) is 6.07 Å². The first-order chi connectivity index (χ1) is 10.1. The average molecular weight is 301 g/mol. The summed E-state index contributed by atoms with van der Waals surface area (Å²) in [4.78, 5) is 10.4. The summed E-state index contributed by atoms with van der Waals surface area (Å²) in [6.07, 6.45) is 1.12. The van der Waals surface area contributed by atoms with Crippen LogP contribution in [0.5, 0.6) is 17.2 Å². The van der Waals surface area contributed by atoms with Crippen LogP contribution < -0.4 is 9.47 Å². The van der Waals surface area contributed by atoms with Gasteiger partial charge in [-0.15, -0.1) is 0 Å². The van der Waals surface area contributed by atoms with Crippen LogP contribution in [0.4, 0.5) is 0 Å². The first-order valence-electron chi connectivity index (χ1n) is 6.14. The molecule has 4 nitrogen and oxygen atoms in total. The van der Waals surface area contributed by atoms with Crippen molar-refractivity contribution < 1.29 is 14.3 Å². The molecule has 0 aliphatic carbocycles. The zero-order valence-corrected chi connectivity index (χ0v) is 11.9. The van der Waals surface area contributed by atoms with Crippen LogP contribution in [0.25, 0.3) is 0 Å². The lowest BCUT2D eigenvalue weighted by Crippen LogP contribution is -2.12. The summed E-state index contributed by atoms with van der Waals surface area (Å²) in [5, 5.41) is 9.13. The Bertz CT molecular complexity index is 677. The van der Waals surface area contributed by atoms with E-state index in [4.69, 9.17) is 26.3 Å². The van der Waals surface area contributed by atoms with Crippen molar-refractivity contribution in [3.8, 4) is 23.3 Å². The highest BCUT2D eigenvalue weighted by Gasteiger charge is 2.06. The molecule has 2 aromatic rings. The number of halogens is 1. The van der Waals surface area contributed by atoms with Gasteiger partial charge in [0.2, 0.25) is 6.29 Å². The Kier molecular flexibility index (Phi) is 4.81. The second kappa shape index (κ2) is 6.78. The Morgan fingerprint density at radius 2 is 1.81 bits per heavy atom. The van der Waals surface area contributed by atoms with E-state index in [-0.39, 0.29) is 0 Å². The van der Waals surface area contributed by atoms with Crippen molar-refractivity contribution in [2.45, 2.75) is 13.0 Å². The Labute approximate surface area is 127 Å². The Hall–Kier alpha value is -2.51. The first kappa shape index (κ1) is 14.9. The highest BCUT2D eigenvalue weighted by molar-refractivity contribution is 6.32. The van der Waals surface area contributed by atoms with Gasteiger partial charge in [0, 0.05) is 0 Å². The number of ether oxygens (including phenoxy) is 2. The van der Waals surface area contributed by atoms with Crippen LogP contribution in [-0.4, -0.2) is 12.4 Å². The summed E-state index contributed by atoms with van der Waals surface area (Å²) in [6, 6.07) is 13.6. The van der Waals surface area contributed by atoms with E-state index in [2.05, 4.69) is 0 Å².